The van der Waals surface area contributed by atoms with E-state index in [4.69, 9.17) is 4.74 Å². The fourth-order valence-electron chi connectivity index (χ4n) is 2.77. The van der Waals surface area contributed by atoms with Gasteiger partial charge in [0.15, 0.2) is 0 Å². The van der Waals surface area contributed by atoms with Crippen molar-refractivity contribution in [3.8, 4) is 0 Å². The van der Waals surface area contributed by atoms with Crippen molar-refractivity contribution in [1.29, 1.82) is 0 Å². The topological polar surface area (TPSA) is 26.3 Å². The van der Waals surface area contributed by atoms with Crippen molar-refractivity contribution in [2.24, 2.45) is 5.41 Å². The van der Waals surface area contributed by atoms with Gasteiger partial charge in [-0.2, -0.15) is 0 Å². The predicted octanol–water partition coefficient (Wildman–Crippen LogP) is 5.14. The molecule has 0 aromatic heterocycles. The van der Waals surface area contributed by atoms with Crippen molar-refractivity contribution >= 4 is 21.9 Å². The third-order valence-corrected chi connectivity index (χ3v) is 4.45. The number of carbonyl (C=O) groups excluding carboxylic acids is 1. The zero-order valence-corrected chi connectivity index (χ0v) is 14.8. The maximum absolute atomic E-state index is 12.6. The Labute approximate surface area is 137 Å². The number of esters is 1. The van der Waals surface area contributed by atoms with Crippen molar-refractivity contribution in [2.45, 2.75) is 52.4 Å². The van der Waals surface area contributed by atoms with Crippen LogP contribution in [0.4, 0.5) is 0 Å². The van der Waals surface area contributed by atoms with E-state index in [0.29, 0.717) is 6.61 Å². The Kier molecular flexibility index (Phi) is 8.67. The lowest BCUT2D eigenvalue weighted by molar-refractivity contribution is -0.156. The molecule has 1 atom stereocenters. The normalized spacial score (nSPS) is 13.7. The van der Waals surface area contributed by atoms with Crippen LogP contribution >= 0.6 is 15.9 Å². The molecule has 1 rings (SSSR count). The number of hydrogen-bond acceptors (Lipinski definition) is 2. The highest BCUT2D eigenvalue weighted by Gasteiger charge is 2.38. The van der Waals surface area contributed by atoms with Gasteiger partial charge in [0.2, 0.25) is 0 Å². The first kappa shape index (κ1) is 18.2. The van der Waals surface area contributed by atoms with Gasteiger partial charge in [0.25, 0.3) is 0 Å². The van der Waals surface area contributed by atoms with Crippen LogP contribution in [-0.4, -0.2) is 17.9 Å². The van der Waals surface area contributed by atoms with Crippen LogP contribution in [0.15, 0.2) is 30.3 Å². The van der Waals surface area contributed by atoms with Gasteiger partial charge in [0, 0.05) is 5.33 Å². The van der Waals surface area contributed by atoms with E-state index in [-0.39, 0.29) is 11.4 Å². The minimum Gasteiger partial charge on any atom is -0.466 e. The highest BCUT2D eigenvalue weighted by molar-refractivity contribution is 9.09. The molecule has 0 bridgehead atoms. The Morgan fingerprint density at radius 3 is 2.38 bits per heavy atom. The quantitative estimate of drug-likeness (QED) is 0.429. The minimum atomic E-state index is -0.374. The first-order valence-electron chi connectivity index (χ1n) is 7.95. The fourth-order valence-corrected chi connectivity index (χ4v) is 3.05. The number of halogens is 1. The molecule has 1 unspecified atom stereocenters. The van der Waals surface area contributed by atoms with E-state index >= 15 is 0 Å². The molecule has 0 saturated carbocycles. The second-order valence-electron chi connectivity index (χ2n) is 5.56. The summed E-state index contributed by atoms with van der Waals surface area (Å²) in [5.74, 6) is -0.0248. The molecular weight excluding hydrogens is 328 g/mol. The van der Waals surface area contributed by atoms with Gasteiger partial charge in [-0.15, -0.1) is 0 Å². The average Bonchev–Trinajstić information content (AvgIpc) is 2.51. The molecule has 1 aromatic rings. The summed E-state index contributed by atoms with van der Waals surface area (Å²) in [5, 5.41) is 0.926. The fraction of sp³-hybridized carbons (Fsp3) is 0.611. The van der Waals surface area contributed by atoms with E-state index in [1.54, 1.807) is 0 Å². The number of rotatable bonds is 10. The highest BCUT2D eigenvalue weighted by Crippen LogP contribution is 2.36. The van der Waals surface area contributed by atoms with Gasteiger partial charge < -0.3 is 4.74 Å². The first-order chi connectivity index (χ1) is 10.2. The van der Waals surface area contributed by atoms with Crippen molar-refractivity contribution in [1.82, 2.24) is 0 Å². The molecule has 2 nitrogen and oxygen atoms in total. The summed E-state index contributed by atoms with van der Waals surface area (Å²) in [6.45, 7) is 4.51. The molecule has 0 aliphatic rings. The Bertz CT molecular complexity index is 395. The number of benzene rings is 1. The maximum atomic E-state index is 12.6. The van der Waals surface area contributed by atoms with Crippen molar-refractivity contribution in [3.05, 3.63) is 35.9 Å². The van der Waals surface area contributed by atoms with Gasteiger partial charge in [0.1, 0.15) is 0 Å². The zero-order chi connectivity index (χ0) is 15.6. The molecular formula is C18H27BrO2. The van der Waals surface area contributed by atoms with E-state index < -0.39 is 0 Å². The molecule has 0 aliphatic carbocycles. The number of ether oxygens (including phenoxy) is 1. The minimum absolute atomic E-state index is 0.0248. The summed E-state index contributed by atoms with van der Waals surface area (Å²) < 4.78 is 5.42. The molecule has 0 aliphatic heterocycles. The van der Waals surface area contributed by atoms with Crippen molar-refractivity contribution in [2.75, 3.05) is 11.9 Å². The van der Waals surface area contributed by atoms with Crippen LogP contribution < -0.4 is 0 Å². The predicted molar refractivity (Wildman–Crippen MR) is 91.8 cm³/mol. The van der Waals surface area contributed by atoms with Crippen molar-refractivity contribution in [3.63, 3.8) is 0 Å². The Balaban J connectivity index is 2.99. The summed E-state index contributed by atoms with van der Waals surface area (Å²) in [6.07, 6.45) is 5.73. The lowest BCUT2D eigenvalue weighted by atomic mass is 9.74. The van der Waals surface area contributed by atoms with Gasteiger partial charge in [0.05, 0.1) is 12.0 Å². The standard InChI is InChI=1S/C18H27BrO2/c1-3-5-12-18(13-9-14-19,17(20)21-4-2)15-16-10-7-6-8-11-16/h6-8,10-11H,3-5,9,12-15H2,1-2H3. The molecule has 0 saturated heterocycles. The summed E-state index contributed by atoms with van der Waals surface area (Å²) in [4.78, 5) is 12.6. The molecule has 0 N–H and O–H groups in total. The summed E-state index contributed by atoms with van der Waals surface area (Å²) >= 11 is 3.49. The SMILES string of the molecule is CCCCC(CCCBr)(Cc1ccccc1)C(=O)OCC. The second-order valence-corrected chi connectivity index (χ2v) is 6.35. The molecule has 1 aromatic carbocycles. The van der Waals surface area contributed by atoms with Gasteiger partial charge in [-0.25, -0.2) is 0 Å². The average molecular weight is 355 g/mol. The zero-order valence-electron chi connectivity index (χ0n) is 13.2. The lowest BCUT2D eigenvalue weighted by Gasteiger charge is -2.31. The number of alkyl halides is 1. The molecule has 0 radical (unpaired) electrons. The van der Waals surface area contributed by atoms with E-state index in [2.05, 4.69) is 35.0 Å². The van der Waals surface area contributed by atoms with Crippen LogP contribution in [-0.2, 0) is 16.0 Å². The lowest BCUT2D eigenvalue weighted by Crippen LogP contribution is -2.35. The van der Waals surface area contributed by atoms with Crippen molar-refractivity contribution < 1.29 is 9.53 Å². The van der Waals surface area contributed by atoms with Crippen LogP contribution in [0.1, 0.15) is 51.5 Å². The van der Waals surface area contributed by atoms with Crippen LogP contribution in [0.5, 0.6) is 0 Å². The monoisotopic (exact) mass is 354 g/mol. The summed E-state index contributed by atoms with van der Waals surface area (Å²) in [5.41, 5.74) is 0.845. The number of unbranched alkanes of at least 4 members (excludes halogenated alkanes) is 1. The molecule has 0 fully saturated rings. The first-order valence-corrected chi connectivity index (χ1v) is 9.07. The van der Waals surface area contributed by atoms with Crippen LogP contribution in [0.3, 0.4) is 0 Å². The van der Waals surface area contributed by atoms with Crippen LogP contribution in [0.25, 0.3) is 0 Å². The summed E-state index contributed by atoms with van der Waals surface area (Å²) in [6, 6.07) is 10.3. The second kappa shape index (κ2) is 9.99. The molecule has 0 amide bonds. The van der Waals surface area contributed by atoms with Gasteiger partial charge in [-0.1, -0.05) is 66.0 Å². The smallest absolute Gasteiger partial charge is 0.312 e. The third kappa shape index (κ3) is 5.82. The van der Waals surface area contributed by atoms with Crippen LogP contribution in [0, 0.1) is 5.41 Å². The highest BCUT2D eigenvalue weighted by atomic mass is 79.9. The third-order valence-electron chi connectivity index (χ3n) is 3.89. The molecule has 0 heterocycles. The van der Waals surface area contributed by atoms with E-state index in [9.17, 15) is 4.79 Å². The molecule has 0 spiro atoms. The summed E-state index contributed by atoms with van der Waals surface area (Å²) in [7, 11) is 0. The van der Waals surface area contributed by atoms with Crippen LogP contribution in [0.2, 0.25) is 0 Å². The van der Waals surface area contributed by atoms with Gasteiger partial charge in [-0.05, 0) is 38.2 Å². The van der Waals surface area contributed by atoms with Gasteiger partial charge in [-0.3, -0.25) is 4.79 Å². The molecule has 118 valence electrons. The Morgan fingerprint density at radius 1 is 1.14 bits per heavy atom. The number of hydrogen-bond donors (Lipinski definition) is 0. The van der Waals surface area contributed by atoms with E-state index in [0.717, 1.165) is 43.9 Å². The van der Waals surface area contributed by atoms with Gasteiger partial charge >= 0.3 is 5.97 Å². The Morgan fingerprint density at radius 2 is 1.81 bits per heavy atom. The molecule has 3 heteroatoms. The Hall–Kier alpha value is -0.830. The van der Waals surface area contributed by atoms with E-state index in [1.165, 1.54) is 5.56 Å². The molecule has 21 heavy (non-hydrogen) atoms. The largest absolute Gasteiger partial charge is 0.466 e. The maximum Gasteiger partial charge on any atom is 0.312 e. The van der Waals surface area contributed by atoms with E-state index in [1.807, 2.05) is 25.1 Å². The number of carbonyl (C=O) groups is 1.